The molecular formula is C24H22N4O2. The second kappa shape index (κ2) is 8.61. The molecule has 0 unspecified atom stereocenters. The number of nitrogens with zero attached hydrogens (tertiary/aromatic N) is 3. The van der Waals surface area contributed by atoms with Gasteiger partial charge in [0.1, 0.15) is 11.5 Å². The molecule has 150 valence electrons. The van der Waals surface area contributed by atoms with E-state index in [4.69, 9.17) is 14.5 Å². The van der Waals surface area contributed by atoms with Crippen molar-refractivity contribution in [3.05, 3.63) is 77.9 Å². The summed E-state index contributed by atoms with van der Waals surface area (Å²) >= 11 is 0. The van der Waals surface area contributed by atoms with Gasteiger partial charge in [0.15, 0.2) is 0 Å². The van der Waals surface area contributed by atoms with E-state index in [9.17, 15) is 0 Å². The highest BCUT2D eigenvalue weighted by Gasteiger charge is 2.10. The number of benzene rings is 3. The molecule has 4 aromatic rings. The van der Waals surface area contributed by atoms with Gasteiger partial charge in [-0.2, -0.15) is 5.10 Å². The number of fused-ring (bicyclic) bond motifs is 1. The monoisotopic (exact) mass is 398 g/mol. The maximum atomic E-state index is 5.41. The molecule has 1 N–H and O–H groups in total. The van der Waals surface area contributed by atoms with Gasteiger partial charge in [-0.1, -0.05) is 42.5 Å². The van der Waals surface area contributed by atoms with Gasteiger partial charge in [-0.05, 0) is 30.7 Å². The molecule has 0 bridgehead atoms. The predicted molar refractivity (Wildman–Crippen MR) is 120 cm³/mol. The molecule has 3 aromatic carbocycles. The van der Waals surface area contributed by atoms with Crippen LogP contribution in [-0.2, 0) is 0 Å². The fraction of sp³-hybridized carbons (Fsp3) is 0.125. The molecule has 0 aliphatic rings. The number of hydrazone groups is 1. The molecule has 0 aliphatic carbocycles. The zero-order valence-corrected chi connectivity index (χ0v) is 17.1. The van der Waals surface area contributed by atoms with Crippen LogP contribution in [0.5, 0.6) is 11.5 Å². The van der Waals surface area contributed by atoms with E-state index < -0.39 is 0 Å². The quantitative estimate of drug-likeness (QED) is 0.363. The normalized spacial score (nSPS) is 11.0. The SMILES string of the molecule is COc1ccc(/C=N/Nc2nc(-c3ccccc3)c3ccc(C)cc3n2)c(OC)c1. The minimum absolute atomic E-state index is 0.427. The van der Waals surface area contributed by atoms with E-state index in [1.807, 2.05) is 61.5 Å². The van der Waals surface area contributed by atoms with Gasteiger partial charge in [-0.3, -0.25) is 0 Å². The summed E-state index contributed by atoms with van der Waals surface area (Å²) < 4.78 is 10.6. The summed E-state index contributed by atoms with van der Waals surface area (Å²) in [6.45, 7) is 2.05. The number of ether oxygens (including phenoxy) is 2. The molecule has 6 nitrogen and oxygen atoms in total. The van der Waals surface area contributed by atoms with Crippen molar-refractivity contribution in [2.75, 3.05) is 19.6 Å². The van der Waals surface area contributed by atoms with Crippen molar-refractivity contribution in [3.8, 4) is 22.8 Å². The van der Waals surface area contributed by atoms with Crippen LogP contribution in [0.3, 0.4) is 0 Å². The lowest BCUT2D eigenvalue weighted by molar-refractivity contribution is 0.394. The molecule has 0 radical (unpaired) electrons. The van der Waals surface area contributed by atoms with Crippen LogP contribution in [0.15, 0.2) is 71.8 Å². The summed E-state index contributed by atoms with van der Waals surface area (Å²) in [5.41, 5.74) is 7.65. The molecule has 0 spiro atoms. The molecule has 30 heavy (non-hydrogen) atoms. The first kappa shape index (κ1) is 19.4. The number of aryl methyl sites for hydroxylation is 1. The number of hydrogen-bond donors (Lipinski definition) is 1. The van der Waals surface area contributed by atoms with E-state index in [-0.39, 0.29) is 0 Å². The third kappa shape index (κ3) is 4.07. The van der Waals surface area contributed by atoms with E-state index in [0.717, 1.165) is 39.0 Å². The van der Waals surface area contributed by atoms with E-state index in [1.165, 1.54) is 0 Å². The van der Waals surface area contributed by atoms with Crippen LogP contribution in [0.2, 0.25) is 0 Å². The largest absolute Gasteiger partial charge is 0.497 e. The Kier molecular flexibility index (Phi) is 5.57. The number of hydrogen-bond acceptors (Lipinski definition) is 6. The first-order valence-electron chi connectivity index (χ1n) is 9.53. The Hall–Kier alpha value is -3.93. The first-order chi connectivity index (χ1) is 14.7. The fourth-order valence-electron chi connectivity index (χ4n) is 3.19. The van der Waals surface area contributed by atoms with Crippen molar-refractivity contribution in [1.29, 1.82) is 0 Å². The minimum Gasteiger partial charge on any atom is -0.497 e. The summed E-state index contributed by atoms with van der Waals surface area (Å²) in [6, 6.07) is 21.8. The molecule has 1 heterocycles. The lowest BCUT2D eigenvalue weighted by Crippen LogP contribution is -2.00. The number of nitrogens with one attached hydrogen (secondary N) is 1. The van der Waals surface area contributed by atoms with Crippen LogP contribution in [0.4, 0.5) is 5.95 Å². The summed E-state index contributed by atoms with van der Waals surface area (Å²) in [4.78, 5) is 9.35. The van der Waals surface area contributed by atoms with Gasteiger partial charge in [0, 0.05) is 22.6 Å². The van der Waals surface area contributed by atoms with Gasteiger partial charge >= 0.3 is 0 Å². The third-order valence-electron chi connectivity index (χ3n) is 4.71. The Balaban J connectivity index is 1.69. The average Bonchev–Trinajstić information content (AvgIpc) is 2.79. The zero-order chi connectivity index (χ0) is 20.9. The Morgan fingerprint density at radius 3 is 2.50 bits per heavy atom. The number of anilines is 1. The summed E-state index contributed by atoms with van der Waals surface area (Å²) in [6.07, 6.45) is 1.67. The number of methoxy groups -OCH3 is 2. The van der Waals surface area contributed by atoms with Gasteiger partial charge in [-0.15, -0.1) is 0 Å². The molecule has 0 amide bonds. The van der Waals surface area contributed by atoms with Gasteiger partial charge < -0.3 is 9.47 Å². The van der Waals surface area contributed by atoms with Crippen molar-refractivity contribution in [3.63, 3.8) is 0 Å². The highest BCUT2D eigenvalue weighted by molar-refractivity contribution is 5.93. The van der Waals surface area contributed by atoms with E-state index in [1.54, 1.807) is 20.4 Å². The molecule has 6 heteroatoms. The number of aromatic nitrogens is 2. The van der Waals surface area contributed by atoms with Crippen molar-refractivity contribution in [1.82, 2.24) is 9.97 Å². The standard InChI is InChI=1S/C24H22N4O2/c1-16-9-12-20-21(13-16)26-24(27-23(20)17-7-5-4-6-8-17)28-25-15-18-10-11-19(29-2)14-22(18)30-3/h4-15H,1-3H3,(H,26,27,28)/b25-15+. The van der Waals surface area contributed by atoms with Gasteiger partial charge in [0.25, 0.3) is 0 Å². The van der Waals surface area contributed by atoms with Crippen LogP contribution in [0, 0.1) is 6.92 Å². The number of rotatable bonds is 6. The van der Waals surface area contributed by atoms with Crippen molar-refractivity contribution < 1.29 is 9.47 Å². The minimum atomic E-state index is 0.427. The second-order valence-electron chi connectivity index (χ2n) is 6.76. The molecule has 0 aliphatic heterocycles. The van der Waals surface area contributed by atoms with Gasteiger partial charge in [0.05, 0.1) is 31.6 Å². The summed E-state index contributed by atoms with van der Waals surface area (Å²) in [7, 11) is 3.23. The molecule has 0 saturated carbocycles. The average molecular weight is 398 g/mol. The molecule has 0 saturated heterocycles. The van der Waals surface area contributed by atoms with Crippen molar-refractivity contribution >= 4 is 23.1 Å². The lowest BCUT2D eigenvalue weighted by Gasteiger charge is -2.09. The van der Waals surface area contributed by atoms with Crippen molar-refractivity contribution in [2.45, 2.75) is 6.92 Å². The van der Waals surface area contributed by atoms with Crippen LogP contribution >= 0.6 is 0 Å². The van der Waals surface area contributed by atoms with Crippen LogP contribution in [0.1, 0.15) is 11.1 Å². The fourth-order valence-corrected chi connectivity index (χ4v) is 3.19. The Labute approximate surface area is 175 Å². The van der Waals surface area contributed by atoms with E-state index >= 15 is 0 Å². The third-order valence-corrected chi connectivity index (χ3v) is 4.71. The maximum absolute atomic E-state index is 5.41. The molecular weight excluding hydrogens is 376 g/mol. The molecule has 0 fully saturated rings. The second-order valence-corrected chi connectivity index (χ2v) is 6.76. The van der Waals surface area contributed by atoms with Crippen molar-refractivity contribution in [2.24, 2.45) is 5.10 Å². The first-order valence-corrected chi connectivity index (χ1v) is 9.53. The summed E-state index contributed by atoms with van der Waals surface area (Å²) in [5.74, 6) is 1.81. The molecule has 4 rings (SSSR count). The van der Waals surface area contributed by atoms with Crippen LogP contribution in [-0.4, -0.2) is 30.4 Å². The smallest absolute Gasteiger partial charge is 0.244 e. The molecule has 0 atom stereocenters. The van der Waals surface area contributed by atoms with E-state index in [2.05, 4.69) is 27.6 Å². The maximum Gasteiger partial charge on any atom is 0.244 e. The topological polar surface area (TPSA) is 68.6 Å². The predicted octanol–water partition coefficient (Wildman–Crippen LogP) is 5.07. The Morgan fingerprint density at radius 2 is 1.73 bits per heavy atom. The van der Waals surface area contributed by atoms with Gasteiger partial charge in [0.2, 0.25) is 5.95 Å². The van der Waals surface area contributed by atoms with Crippen LogP contribution in [0.25, 0.3) is 22.2 Å². The Bertz CT molecular complexity index is 1210. The van der Waals surface area contributed by atoms with Crippen LogP contribution < -0.4 is 14.9 Å². The van der Waals surface area contributed by atoms with Gasteiger partial charge in [-0.25, -0.2) is 15.4 Å². The summed E-state index contributed by atoms with van der Waals surface area (Å²) in [5, 5.41) is 5.32. The lowest BCUT2D eigenvalue weighted by atomic mass is 10.1. The highest BCUT2D eigenvalue weighted by atomic mass is 16.5. The highest BCUT2D eigenvalue weighted by Crippen LogP contribution is 2.28. The molecule has 1 aromatic heterocycles. The zero-order valence-electron chi connectivity index (χ0n) is 17.1. The Morgan fingerprint density at radius 1 is 0.900 bits per heavy atom. The van der Waals surface area contributed by atoms with E-state index in [0.29, 0.717) is 11.7 Å².